The largest absolute Gasteiger partial charge is 0.395 e. The van der Waals surface area contributed by atoms with Crippen molar-refractivity contribution in [2.75, 3.05) is 13.2 Å². The van der Waals surface area contributed by atoms with Gasteiger partial charge in [0.15, 0.2) is 0 Å². The third kappa shape index (κ3) is 3.39. The van der Waals surface area contributed by atoms with Crippen LogP contribution in [0, 0.1) is 0 Å². The molecule has 1 fully saturated rings. The first-order valence-corrected chi connectivity index (χ1v) is 8.71. The second-order valence-corrected chi connectivity index (χ2v) is 7.31. The Hall–Kier alpha value is -1.09. The van der Waals surface area contributed by atoms with Gasteiger partial charge in [-0.15, -0.1) is 0 Å². The molecular weight excluding hydrogens is 310 g/mol. The van der Waals surface area contributed by atoms with Crippen LogP contribution in [-0.4, -0.2) is 47.0 Å². The molecule has 0 amide bonds. The molecule has 1 unspecified atom stereocenters. The lowest BCUT2D eigenvalue weighted by Crippen LogP contribution is -2.42. The quantitative estimate of drug-likeness (QED) is 0.787. The fraction of sp³-hybridized carbons (Fsp3) is 0.538. The lowest BCUT2D eigenvalue weighted by atomic mass is 10.1. The average molecular weight is 329 g/mol. The van der Waals surface area contributed by atoms with E-state index in [0.29, 0.717) is 13.0 Å². The Morgan fingerprint density at radius 1 is 1.48 bits per heavy atom. The summed E-state index contributed by atoms with van der Waals surface area (Å²) in [5, 5.41) is 9.50. The normalized spacial score (nSPS) is 20.9. The van der Waals surface area contributed by atoms with Gasteiger partial charge in [0.25, 0.3) is 0 Å². The minimum atomic E-state index is -3.78. The summed E-state index contributed by atoms with van der Waals surface area (Å²) in [5.41, 5.74) is 5.68. The molecular formula is C13H19N3O3S2. The molecule has 116 valence electrons. The molecule has 0 aromatic carbocycles. The van der Waals surface area contributed by atoms with E-state index in [0.717, 1.165) is 19.3 Å². The molecule has 1 atom stereocenters. The molecule has 0 bridgehead atoms. The summed E-state index contributed by atoms with van der Waals surface area (Å²) in [4.78, 5) is 3.94. The van der Waals surface area contributed by atoms with Crippen molar-refractivity contribution < 1.29 is 13.5 Å². The lowest BCUT2D eigenvalue weighted by Gasteiger charge is -2.28. The topological polar surface area (TPSA) is 96.5 Å². The zero-order chi connectivity index (χ0) is 15.5. The van der Waals surface area contributed by atoms with Crippen molar-refractivity contribution in [1.29, 1.82) is 0 Å². The molecule has 0 aliphatic carbocycles. The van der Waals surface area contributed by atoms with Gasteiger partial charge in [-0.3, -0.25) is 4.98 Å². The summed E-state index contributed by atoms with van der Waals surface area (Å²) in [6, 6.07) is 2.59. The van der Waals surface area contributed by atoms with Crippen molar-refractivity contribution >= 4 is 27.2 Å². The maximum Gasteiger partial charge on any atom is 0.245 e. The van der Waals surface area contributed by atoms with Crippen molar-refractivity contribution in [2.24, 2.45) is 5.73 Å². The molecule has 2 heterocycles. The third-order valence-corrected chi connectivity index (χ3v) is 5.80. The van der Waals surface area contributed by atoms with E-state index < -0.39 is 16.1 Å². The number of aliphatic hydroxyl groups is 1. The second kappa shape index (κ2) is 6.78. The predicted molar refractivity (Wildman–Crippen MR) is 83.4 cm³/mol. The molecule has 1 aliphatic heterocycles. The van der Waals surface area contributed by atoms with Gasteiger partial charge in [-0.05, 0) is 25.0 Å². The number of aromatic nitrogens is 1. The molecule has 0 radical (unpaired) electrons. The van der Waals surface area contributed by atoms with E-state index in [4.69, 9.17) is 18.0 Å². The molecule has 2 rings (SSSR count). The summed E-state index contributed by atoms with van der Waals surface area (Å²) in [7, 11) is -3.78. The highest BCUT2D eigenvalue weighted by Gasteiger charge is 2.34. The maximum atomic E-state index is 12.9. The summed E-state index contributed by atoms with van der Waals surface area (Å²) in [6.07, 6.45) is 4.75. The molecule has 1 aliphatic rings. The summed E-state index contributed by atoms with van der Waals surface area (Å²) < 4.78 is 27.1. The van der Waals surface area contributed by atoms with Crippen LogP contribution >= 0.6 is 12.2 Å². The van der Waals surface area contributed by atoms with Gasteiger partial charge in [0, 0.05) is 18.8 Å². The SMILES string of the molecule is NC(=S)c1ncccc1S(=O)(=O)N1CCCCCC1CO. The first kappa shape index (κ1) is 16.3. The zero-order valence-electron chi connectivity index (χ0n) is 11.6. The van der Waals surface area contributed by atoms with Gasteiger partial charge in [0.05, 0.1) is 6.61 Å². The van der Waals surface area contributed by atoms with Gasteiger partial charge in [0.2, 0.25) is 10.0 Å². The van der Waals surface area contributed by atoms with E-state index in [1.54, 1.807) is 6.07 Å². The fourth-order valence-electron chi connectivity index (χ4n) is 2.56. The molecule has 21 heavy (non-hydrogen) atoms. The van der Waals surface area contributed by atoms with Gasteiger partial charge < -0.3 is 10.8 Å². The Labute approximate surface area is 130 Å². The van der Waals surface area contributed by atoms with E-state index >= 15 is 0 Å². The second-order valence-electron chi connectivity index (χ2n) is 5.02. The highest BCUT2D eigenvalue weighted by atomic mass is 32.2. The predicted octanol–water partition coefficient (Wildman–Crippen LogP) is 0.641. The minimum Gasteiger partial charge on any atom is -0.395 e. The van der Waals surface area contributed by atoms with E-state index in [2.05, 4.69) is 4.98 Å². The smallest absolute Gasteiger partial charge is 0.245 e. The van der Waals surface area contributed by atoms with Crippen LogP contribution < -0.4 is 5.73 Å². The van der Waals surface area contributed by atoms with Gasteiger partial charge in [-0.2, -0.15) is 4.31 Å². The number of thiocarbonyl (C=S) groups is 1. The van der Waals surface area contributed by atoms with Crippen molar-refractivity contribution in [3.63, 3.8) is 0 Å². The van der Waals surface area contributed by atoms with Gasteiger partial charge in [-0.1, -0.05) is 25.1 Å². The first-order chi connectivity index (χ1) is 9.98. The highest BCUT2D eigenvalue weighted by molar-refractivity contribution is 7.89. The molecule has 1 aromatic heterocycles. The van der Waals surface area contributed by atoms with E-state index in [1.807, 2.05) is 0 Å². The molecule has 1 saturated heterocycles. The van der Waals surface area contributed by atoms with Crippen LogP contribution in [0.25, 0.3) is 0 Å². The van der Waals surface area contributed by atoms with Crippen molar-refractivity contribution in [3.05, 3.63) is 24.0 Å². The van der Waals surface area contributed by atoms with Gasteiger partial charge >= 0.3 is 0 Å². The molecule has 6 nitrogen and oxygen atoms in total. The van der Waals surface area contributed by atoms with Crippen LogP contribution in [0.3, 0.4) is 0 Å². The monoisotopic (exact) mass is 329 g/mol. The Morgan fingerprint density at radius 3 is 2.90 bits per heavy atom. The molecule has 0 saturated carbocycles. The Morgan fingerprint density at radius 2 is 2.24 bits per heavy atom. The van der Waals surface area contributed by atoms with Gasteiger partial charge in [-0.25, -0.2) is 8.42 Å². The molecule has 1 aromatic rings. The van der Waals surface area contributed by atoms with Crippen molar-refractivity contribution in [3.8, 4) is 0 Å². The van der Waals surface area contributed by atoms with Crippen molar-refractivity contribution in [2.45, 2.75) is 36.6 Å². The zero-order valence-corrected chi connectivity index (χ0v) is 13.2. The van der Waals surface area contributed by atoms with Crippen LogP contribution in [0.1, 0.15) is 31.4 Å². The van der Waals surface area contributed by atoms with Crippen LogP contribution in [0.4, 0.5) is 0 Å². The van der Waals surface area contributed by atoms with Crippen LogP contribution in [-0.2, 0) is 10.0 Å². The van der Waals surface area contributed by atoms with Gasteiger partial charge in [0.1, 0.15) is 15.6 Å². The number of nitrogens with zero attached hydrogens (tertiary/aromatic N) is 2. The van der Waals surface area contributed by atoms with E-state index in [1.165, 1.54) is 16.6 Å². The van der Waals surface area contributed by atoms with Crippen LogP contribution in [0.2, 0.25) is 0 Å². The minimum absolute atomic E-state index is 0.0119. The van der Waals surface area contributed by atoms with Crippen LogP contribution in [0.5, 0.6) is 0 Å². The number of nitrogens with two attached hydrogens (primary N) is 1. The molecule has 3 N–H and O–H groups in total. The van der Waals surface area contributed by atoms with E-state index in [9.17, 15) is 13.5 Å². The fourth-order valence-corrected chi connectivity index (χ4v) is 4.63. The number of hydrogen-bond donors (Lipinski definition) is 2. The number of aliphatic hydroxyl groups excluding tert-OH is 1. The Kier molecular flexibility index (Phi) is 5.26. The number of sulfonamides is 1. The Bertz CT molecular complexity index is 619. The maximum absolute atomic E-state index is 12.9. The third-order valence-electron chi connectivity index (χ3n) is 3.62. The summed E-state index contributed by atoms with van der Waals surface area (Å²) in [5.74, 6) is 0. The van der Waals surface area contributed by atoms with Crippen molar-refractivity contribution in [1.82, 2.24) is 9.29 Å². The standard InChI is InChI=1S/C13H19N3O3S2/c14-13(20)12-11(6-4-7-15-12)21(18,19)16-8-3-1-2-5-10(16)9-17/h4,6-7,10,17H,1-3,5,8-9H2,(H2,14,20). The number of hydrogen-bond acceptors (Lipinski definition) is 5. The first-order valence-electron chi connectivity index (χ1n) is 6.86. The highest BCUT2D eigenvalue weighted by Crippen LogP contribution is 2.26. The molecule has 8 heteroatoms. The Balaban J connectivity index is 2.47. The molecule has 0 spiro atoms. The number of rotatable bonds is 4. The van der Waals surface area contributed by atoms with Crippen LogP contribution in [0.15, 0.2) is 23.2 Å². The summed E-state index contributed by atoms with van der Waals surface area (Å²) >= 11 is 4.89. The number of pyridine rings is 1. The average Bonchev–Trinajstić information content (AvgIpc) is 2.72. The van der Waals surface area contributed by atoms with E-state index in [-0.39, 0.29) is 22.2 Å². The summed E-state index contributed by atoms with van der Waals surface area (Å²) in [6.45, 7) is 0.196. The lowest BCUT2D eigenvalue weighted by molar-refractivity contribution is 0.186.